The highest BCUT2D eigenvalue weighted by Crippen LogP contribution is 2.24. The van der Waals surface area contributed by atoms with Crippen LogP contribution in [0, 0.1) is 0 Å². The molecule has 14 heavy (non-hydrogen) atoms. The second-order valence-corrected chi connectivity index (χ2v) is 3.91. The Balaban J connectivity index is 2.27. The van der Waals surface area contributed by atoms with Crippen LogP contribution in [0.1, 0.15) is 19.3 Å². The van der Waals surface area contributed by atoms with Gasteiger partial charge in [0.25, 0.3) is 0 Å². The van der Waals surface area contributed by atoms with Crippen molar-refractivity contribution in [3.8, 4) is 0 Å². The molecule has 0 amide bonds. The first kappa shape index (κ1) is 9.62. The molecule has 76 valence electrons. The second kappa shape index (κ2) is 4.07. The molecule has 0 spiro atoms. The van der Waals surface area contributed by atoms with E-state index in [0.29, 0.717) is 0 Å². The third-order valence-corrected chi connectivity index (χ3v) is 3.15. The van der Waals surface area contributed by atoms with Gasteiger partial charge in [0, 0.05) is 19.3 Å². The van der Waals surface area contributed by atoms with Gasteiger partial charge in [0.2, 0.25) is 0 Å². The molecule has 2 rings (SSSR count). The fourth-order valence-corrected chi connectivity index (χ4v) is 2.27. The molecule has 0 radical (unpaired) electrons. The number of piperidine rings is 1. The van der Waals surface area contributed by atoms with Crippen LogP contribution in [-0.2, 0) is 0 Å². The van der Waals surface area contributed by atoms with Gasteiger partial charge in [-0.2, -0.15) is 5.43 Å². The van der Waals surface area contributed by atoms with E-state index in [1.807, 2.05) is 25.5 Å². The van der Waals surface area contributed by atoms with Crippen LogP contribution in [0.3, 0.4) is 0 Å². The van der Waals surface area contributed by atoms with Crippen molar-refractivity contribution in [3.63, 3.8) is 0 Å². The third kappa shape index (κ3) is 1.65. The Morgan fingerprint density at radius 3 is 2.64 bits per heavy atom. The van der Waals surface area contributed by atoms with Crippen molar-refractivity contribution >= 4 is 5.69 Å². The molecule has 0 aliphatic carbocycles. The third-order valence-electron chi connectivity index (χ3n) is 3.15. The quantitative estimate of drug-likeness (QED) is 0.721. The number of nitrogens with zero attached hydrogens (tertiary/aromatic N) is 2. The van der Waals surface area contributed by atoms with Gasteiger partial charge in [-0.25, -0.2) is 4.59 Å². The number of pyridine rings is 1. The van der Waals surface area contributed by atoms with Crippen molar-refractivity contribution in [1.82, 2.24) is 15.0 Å². The normalized spacial score (nSPS) is 20.6. The maximum atomic E-state index is 4.20. The number of hydrogen-bond acceptors (Lipinski definition) is 2. The summed E-state index contributed by atoms with van der Waals surface area (Å²) < 4.78 is 0.897. The number of nitrogens with one attached hydrogen (secondary N) is 1. The van der Waals surface area contributed by atoms with Crippen molar-refractivity contribution < 1.29 is 0 Å². The zero-order valence-corrected chi connectivity index (χ0v) is 8.74. The Morgan fingerprint density at radius 1 is 1.29 bits per heavy atom. The minimum atomic E-state index is 0.897. The van der Waals surface area contributed by atoms with Gasteiger partial charge in [0.1, 0.15) is 13.1 Å². The molecule has 3 heteroatoms. The Kier molecular flexibility index (Phi) is 2.79. The highest BCUT2D eigenvalue weighted by Gasteiger charge is 2.31. The van der Waals surface area contributed by atoms with E-state index in [4.69, 9.17) is 0 Å². The molecule has 1 fully saturated rings. The van der Waals surface area contributed by atoms with Crippen molar-refractivity contribution in [2.24, 2.45) is 0 Å². The summed E-state index contributed by atoms with van der Waals surface area (Å²) in [6, 6.07) is 4.18. The van der Waals surface area contributed by atoms with E-state index in [1.54, 1.807) is 0 Å². The summed E-state index contributed by atoms with van der Waals surface area (Å²) in [5.74, 6) is 0. The van der Waals surface area contributed by atoms with Crippen LogP contribution >= 0.6 is 0 Å². The lowest BCUT2D eigenvalue weighted by Gasteiger charge is -2.38. The van der Waals surface area contributed by atoms with Crippen molar-refractivity contribution in [1.29, 1.82) is 0 Å². The van der Waals surface area contributed by atoms with Gasteiger partial charge < -0.3 is 0 Å². The molecule has 0 saturated carbocycles. The smallest absolute Gasteiger partial charge is 0.170 e. The molecule has 1 aromatic rings. The molecule has 0 bridgehead atoms. The number of quaternary nitrogens is 1. The van der Waals surface area contributed by atoms with Crippen LogP contribution in [0.5, 0.6) is 0 Å². The predicted molar refractivity (Wildman–Crippen MR) is 58.7 cm³/mol. The zero-order chi connectivity index (χ0) is 9.86. The lowest BCUT2D eigenvalue weighted by Crippen LogP contribution is -2.60. The van der Waals surface area contributed by atoms with Gasteiger partial charge in [0.05, 0.1) is 6.20 Å². The maximum Gasteiger partial charge on any atom is 0.170 e. The highest BCUT2D eigenvalue weighted by molar-refractivity contribution is 5.38. The first-order valence-corrected chi connectivity index (χ1v) is 5.34. The van der Waals surface area contributed by atoms with E-state index in [1.165, 1.54) is 38.0 Å². The molecule has 1 aliphatic heterocycles. The average Bonchev–Trinajstić information content (AvgIpc) is 2.31. The summed E-state index contributed by atoms with van der Waals surface area (Å²) in [6.45, 7) is 2.37. The molecule has 0 unspecified atom stereocenters. The van der Waals surface area contributed by atoms with Crippen LogP contribution in [0.2, 0.25) is 0 Å². The minimum Gasteiger partial charge on any atom is -0.258 e. The number of rotatable bonds is 2. The first-order valence-electron chi connectivity index (χ1n) is 5.34. The summed E-state index contributed by atoms with van der Waals surface area (Å²) in [6.07, 6.45) is 7.77. The molecule has 1 aromatic heterocycles. The molecule has 0 atom stereocenters. The Hall–Kier alpha value is -0.930. The summed E-state index contributed by atoms with van der Waals surface area (Å²) in [5, 5.41) is 0. The van der Waals surface area contributed by atoms with Gasteiger partial charge in [-0.05, 0) is 25.3 Å². The molecule has 1 N–H and O–H groups in total. The van der Waals surface area contributed by atoms with Crippen LogP contribution in [-0.4, -0.2) is 25.1 Å². The Bertz CT molecular complexity index is 278. The van der Waals surface area contributed by atoms with E-state index >= 15 is 0 Å². The lowest BCUT2D eigenvalue weighted by molar-refractivity contribution is 0.173. The topological polar surface area (TPSA) is 24.9 Å². The fraction of sp³-hybridized carbons (Fsp3) is 0.545. The van der Waals surface area contributed by atoms with Crippen LogP contribution in [0.15, 0.2) is 24.5 Å². The number of aromatic nitrogens is 1. The molecule has 3 nitrogen and oxygen atoms in total. The monoisotopic (exact) mass is 192 g/mol. The number of hydrogen-bond donors (Lipinski definition) is 1. The zero-order valence-electron chi connectivity index (χ0n) is 8.74. The van der Waals surface area contributed by atoms with E-state index in [9.17, 15) is 0 Å². The van der Waals surface area contributed by atoms with Crippen LogP contribution in [0.4, 0.5) is 5.69 Å². The Morgan fingerprint density at radius 2 is 2.07 bits per heavy atom. The van der Waals surface area contributed by atoms with Gasteiger partial charge in [-0.15, -0.1) is 0 Å². The summed E-state index contributed by atoms with van der Waals surface area (Å²) in [7, 11) is 2.04. The fourth-order valence-electron chi connectivity index (χ4n) is 2.27. The van der Waals surface area contributed by atoms with E-state index < -0.39 is 0 Å². The minimum absolute atomic E-state index is 0.897. The Labute approximate surface area is 85.3 Å². The second-order valence-electron chi connectivity index (χ2n) is 3.91. The largest absolute Gasteiger partial charge is 0.258 e. The van der Waals surface area contributed by atoms with Gasteiger partial charge in [0.15, 0.2) is 5.69 Å². The molecule has 1 aliphatic rings. The van der Waals surface area contributed by atoms with Gasteiger partial charge in [-0.3, -0.25) is 4.98 Å². The van der Waals surface area contributed by atoms with E-state index in [0.717, 1.165) is 4.59 Å². The summed E-state index contributed by atoms with van der Waals surface area (Å²) >= 11 is 0. The van der Waals surface area contributed by atoms with Crippen molar-refractivity contribution in [2.45, 2.75) is 19.3 Å². The summed E-state index contributed by atoms with van der Waals surface area (Å²) in [5.41, 5.74) is 4.72. The van der Waals surface area contributed by atoms with Crippen molar-refractivity contribution in [3.05, 3.63) is 24.5 Å². The maximum absolute atomic E-state index is 4.20. The highest BCUT2D eigenvalue weighted by atomic mass is 15.7. The lowest BCUT2D eigenvalue weighted by atomic mass is 10.1. The first-order chi connectivity index (χ1) is 6.87. The van der Waals surface area contributed by atoms with Crippen LogP contribution < -0.4 is 10.0 Å². The molecule has 0 aromatic carbocycles. The molecule has 2 heterocycles. The molecule has 1 saturated heterocycles. The van der Waals surface area contributed by atoms with E-state index in [2.05, 4.69) is 16.5 Å². The standard InChI is InChI=1S/C11H18N3/c1-12-14(8-3-2-4-9-14)11-6-5-7-13-10-11/h5-7,10,12H,2-4,8-9H2,1H3/q+1. The molecular formula is C11H18N3+. The summed E-state index contributed by atoms with van der Waals surface area (Å²) in [4.78, 5) is 4.20. The van der Waals surface area contributed by atoms with Gasteiger partial charge in [-0.1, -0.05) is 0 Å². The van der Waals surface area contributed by atoms with Crippen molar-refractivity contribution in [2.75, 3.05) is 20.1 Å². The van der Waals surface area contributed by atoms with Gasteiger partial charge >= 0.3 is 0 Å². The predicted octanol–water partition coefficient (Wildman–Crippen LogP) is 1.71. The average molecular weight is 192 g/mol. The van der Waals surface area contributed by atoms with E-state index in [-0.39, 0.29) is 0 Å². The molecular weight excluding hydrogens is 174 g/mol. The SMILES string of the molecule is CN[N+]1(c2cccnc2)CCCCC1. The van der Waals surface area contributed by atoms with Crippen LogP contribution in [0.25, 0.3) is 0 Å².